The molecule has 2 aromatic rings. The van der Waals surface area contributed by atoms with Gasteiger partial charge in [0.25, 0.3) is 11.8 Å². The molecule has 1 aromatic heterocycles. The highest BCUT2D eigenvalue weighted by molar-refractivity contribution is 5.97. The lowest BCUT2D eigenvalue weighted by atomic mass is 10.1. The minimum absolute atomic E-state index is 0.245. The molecule has 1 unspecified atom stereocenters. The lowest BCUT2D eigenvalue weighted by molar-refractivity contribution is -0.153. The Kier molecular flexibility index (Phi) is 6.48. The van der Waals surface area contributed by atoms with Crippen LogP contribution in [0.15, 0.2) is 34.9 Å². The number of nitrogens with zero attached hydrogens (tertiary/aromatic N) is 1. The Labute approximate surface area is 150 Å². The van der Waals surface area contributed by atoms with Crippen molar-refractivity contribution in [1.82, 2.24) is 10.5 Å². The number of aromatic nitrogens is 1. The van der Waals surface area contributed by atoms with E-state index in [1.165, 1.54) is 0 Å². The number of hydrogen-bond acceptors (Lipinski definition) is 6. The highest BCUT2D eigenvalue weighted by Crippen LogP contribution is 2.09. The molecule has 8 nitrogen and oxygen atoms in total. The molecular formula is C18H21N3O5. The lowest BCUT2D eigenvalue weighted by Gasteiger charge is -2.15. The first-order chi connectivity index (χ1) is 12.4. The fourth-order valence-electron chi connectivity index (χ4n) is 2.20. The summed E-state index contributed by atoms with van der Waals surface area (Å²) in [5, 5.41) is 8.63. The van der Waals surface area contributed by atoms with Crippen molar-refractivity contribution in [2.75, 3.05) is 11.9 Å². The average molecular weight is 359 g/mol. The van der Waals surface area contributed by atoms with Crippen LogP contribution >= 0.6 is 0 Å². The third-order valence-electron chi connectivity index (χ3n) is 3.49. The monoisotopic (exact) mass is 359 g/mol. The number of rotatable bonds is 7. The summed E-state index contributed by atoms with van der Waals surface area (Å²) in [6, 6.07) is 8.53. The van der Waals surface area contributed by atoms with Gasteiger partial charge in [-0.3, -0.25) is 14.4 Å². The number of nitrogens with one attached hydrogen (secondary N) is 2. The quantitative estimate of drug-likeness (QED) is 0.732. The summed E-state index contributed by atoms with van der Waals surface area (Å²) in [5.74, 6) is -0.816. The van der Waals surface area contributed by atoms with Gasteiger partial charge in [-0.1, -0.05) is 29.8 Å². The van der Waals surface area contributed by atoms with Crippen molar-refractivity contribution >= 4 is 23.6 Å². The van der Waals surface area contributed by atoms with E-state index < -0.39 is 18.0 Å². The molecule has 2 N–H and O–H groups in total. The third-order valence-corrected chi connectivity index (χ3v) is 3.49. The zero-order valence-electron chi connectivity index (χ0n) is 14.9. The maximum Gasteiger partial charge on any atom is 0.326 e. The maximum atomic E-state index is 12.1. The first-order valence-corrected chi connectivity index (χ1v) is 8.17. The van der Waals surface area contributed by atoms with Crippen molar-refractivity contribution in [3.8, 4) is 0 Å². The second-order valence-corrected chi connectivity index (χ2v) is 5.75. The third kappa shape index (κ3) is 5.44. The highest BCUT2D eigenvalue weighted by atomic mass is 16.5. The van der Waals surface area contributed by atoms with Crippen LogP contribution in [0.2, 0.25) is 0 Å². The first-order valence-electron chi connectivity index (χ1n) is 8.17. The predicted molar refractivity (Wildman–Crippen MR) is 93.6 cm³/mol. The van der Waals surface area contributed by atoms with Crippen molar-refractivity contribution in [2.45, 2.75) is 33.3 Å². The van der Waals surface area contributed by atoms with Crippen LogP contribution in [0.1, 0.15) is 35.0 Å². The van der Waals surface area contributed by atoms with Gasteiger partial charge in [-0.15, -0.1) is 0 Å². The molecule has 0 saturated carbocycles. The number of aryl methyl sites for hydroxylation is 2. The molecule has 26 heavy (non-hydrogen) atoms. The minimum atomic E-state index is -0.990. The summed E-state index contributed by atoms with van der Waals surface area (Å²) in [6.07, 6.45) is -0.712. The predicted octanol–water partition coefficient (Wildman–Crippen LogP) is 1.98. The van der Waals surface area contributed by atoms with E-state index in [-0.39, 0.29) is 24.7 Å². The number of hydrogen-bond donors (Lipinski definition) is 2. The van der Waals surface area contributed by atoms with E-state index in [9.17, 15) is 14.4 Å². The SMILES string of the molecule is CCC(OC(=O)CNC(=O)c1cccc(C)c1)C(=O)Nc1cc(C)on1. The Morgan fingerprint density at radius 1 is 1.23 bits per heavy atom. The minimum Gasteiger partial charge on any atom is -0.451 e. The van der Waals surface area contributed by atoms with Gasteiger partial charge in [-0.05, 0) is 32.4 Å². The van der Waals surface area contributed by atoms with Gasteiger partial charge < -0.3 is 19.9 Å². The molecule has 0 radical (unpaired) electrons. The van der Waals surface area contributed by atoms with E-state index in [0.717, 1.165) is 5.56 Å². The summed E-state index contributed by atoms with van der Waals surface area (Å²) < 4.78 is 9.98. The normalized spacial score (nSPS) is 11.5. The van der Waals surface area contributed by atoms with Crippen LogP contribution in [-0.4, -0.2) is 35.6 Å². The van der Waals surface area contributed by atoms with Gasteiger partial charge >= 0.3 is 5.97 Å². The molecule has 0 aliphatic heterocycles. The summed E-state index contributed by atoms with van der Waals surface area (Å²) in [6.45, 7) is 4.93. The first kappa shape index (κ1) is 19.2. The van der Waals surface area contributed by atoms with Gasteiger partial charge in [0.15, 0.2) is 11.9 Å². The number of ether oxygens (including phenoxy) is 1. The zero-order valence-corrected chi connectivity index (χ0v) is 14.9. The molecule has 0 spiro atoms. The Hall–Kier alpha value is -3.16. The molecule has 0 bridgehead atoms. The zero-order chi connectivity index (χ0) is 19.1. The van der Waals surface area contributed by atoms with Gasteiger partial charge in [0, 0.05) is 11.6 Å². The summed E-state index contributed by atoms with van der Waals surface area (Å²) in [5.41, 5.74) is 1.38. The second kappa shape index (κ2) is 8.80. The van der Waals surface area contributed by atoms with E-state index in [1.807, 2.05) is 13.0 Å². The van der Waals surface area contributed by atoms with E-state index in [2.05, 4.69) is 15.8 Å². The number of carbonyl (C=O) groups excluding carboxylic acids is 3. The van der Waals surface area contributed by atoms with Crippen LogP contribution in [0.5, 0.6) is 0 Å². The van der Waals surface area contributed by atoms with E-state index in [0.29, 0.717) is 11.3 Å². The summed E-state index contributed by atoms with van der Waals surface area (Å²) in [7, 11) is 0. The molecule has 1 atom stereocenters. The van der Waals surface area contributed by atoms with Gasteiger partial charge in [0.1, 0.15) is 12.3 Å². The molecular weight excluding hydrogens is 338 g/mol. The summed E-state index contributed by atoms with van der Waals surface area (Å²) >= 11 is 0. The number of esters is 1. The Morgan fingerprint density at radius 2 is 2.00 bits per heavy atom. The number of anilines is 1. The molecule has 8 heteroatoms. The number of carbonyl (C=O) groups is 3. The highest BCUT2D eigenvalue weighted by Gasteiger charge is 2.22. The number of amides is 2. The van der Waals surface area contributed by atoms with Gasteiger partial charge in [-0.2, -0.15) is 0 Å². The molecule has 0 aliphatic carbocycles. The topological polar surface area (TPSA) is 111 Å². The molecule has 2 rings (SSSR count). The average Bonchev–Trinajstić information content (AvgIpc) is 3.02. The van der Waals surface area contributed by atoms with Crippen LogP contribution in [0.4, 0.5) is 5.82 Å². The second-order valence-electron chi connectivity index (χ2n) is 5.75. The fraction of sp³-hybridized carbons (Fsp3) is 0.333. The standard InChI is InChI=1S/C18H21N3O5/c1-4-14(18(24)20-15-9-12(3)26-21-15)25-16(22)10-19-17(23)13-7-5-6-11(2)8-13/h5-9,14H,4,10H2,1-3H3,(H,19,23)(H,20,21,24). The van der Waals surface area contributed by atoms with Crippen LogP contribution < -0.4 is 10.6 Å². The van der Waals surface area contributed by atoms with Crippen LogP contribution in [0, 0.1) is 13.8 Å². The van der Waals surface area contributed by atoms with Crippen molar-refractivity contribution in [2.24, 2.45) is 0 Å². The maximum absolute atomic E-state index is 12.1. The lowest BCUT2D eigenvalue weighted by Crippen LogP contribution is -2.37. The Bertz CT molecular complexity index is 800. The van der Waals surface area contributed by atoms with Crippen molar-refractivity contribution in [3.05, 3.63) is 47.2 Å². The van der Waals surface area contributed by atoms with Crippen LogP contribution in [0.25, 0.3) is 0 Å². The summed E-state index contributed by atoms with van der Waals surface area (Å²) in [4.78, 5) is 36.1. The Morgan fingerprint density at radius 3 is 2.62 bits per heavy atom. The molecule has 138 valence electrons. The van der Waals surface area contributed by atoms with Crippen molar-refractivity contribution < 1.29 is 23.6 Å². The van der Waals surface area contributed by atoms with E-state index >= 15 is 0 Å². The van der Waals surface area contributed by atoms with E-state index in [4.69, 9.17) is 9.26 Å². The van der Waals surface area contributed by atoms with Gasteiger partial charge in [0.05, 0.1) is 0 Å². The molecule has 0 saturated heterocycles. The van der Waals surface area contributed by atoms with Gasteiger partial charge in [0.2, 0.25) is 0 Å². The smallest absolute Gasteiger partial charge is 0.326 e. The molecule has 2 amide bonds. The van der Waals surface area contributed by atoms with E-state index in [1.54, 1.807) is 38.1 Å². The largest absolute Gasteiger partial charge is 0.451 e. The van der Waals surface area contributed by atoms with Crippen molar-refractivity contribution in [3.63, 3.8) is 0 Å². The molecule has 0 aliphatic rings. The molecule has 1 heterocycles. The Balaban J connectivity index is 1.84. The molecule has 0 fully saturated rings. The van der Waals surface area contributed by atoms with Gasteiger partial charge in [-0.25, -0.2) is 0 Å². The van der Waals surface area contributed by atoms with Crippen LogP contribution in [-0.2, 0) is 14.3 Å². The van der Waals surface area contributed by atoms with Crippen LogP contribution in [0.3, 0.4) is 0 Å². The van der Waals surface area contributed by atoms with Crippen molar-refractivity contribution in [1.29, 1.82) is 0 Å². The molecule has 1 aromatic carbocycles. The number of benzene rings is 1. The fourth-order valence-corrected chi connectivity index (χ4v) is 2.20.